The molecular weight excluding hydrogens is 306 g/mol. The number of amides is 1. The van der Waals surface area contributed by atoms with Crippen molar-refractivity contribution in [3.8, 4) is 0 Å². The van der Waals surface area contributed by atoms with Gasteiger partial charge in [-0.2, -0.15) is 5.10 Å². The van der Waals surface area contributed by atoms with Crippen molar-refractivity contribution in [1.82, 2.24) is 14.7 Å². The molecule has 6 nitrogen and oxygen atoms in total. The number of nitrogens with zero attached hydrogens (tertiary/aromatic N) is 3. The van der Waals surface area contributed by atoms with E-state index in [1.165, 1.54) is 4.68 Å². The highest BCUT2D eigenvalue weighted by Gasteiger charge is 2.36. The fourth-order valence-corrected chi connectivity index (χ4v) is 3.36. The Labute approximate surface area is 141 Å². The van der Waals surface area contributed by atoms with Gasteiger partial charge in [0.15, 0.2) is 0 Å². The minimum Gasteiger partial charge on any atom is -0.467 e. The molecule has 0 bridgehead atoms. The number of carbonyl (C=O) groups excluding carboxylic acids is 2. The van der Waals surface area contributed by atoms with Crippen molar-refractivity contribution >= 4 is 11.8 Å². The maximum Gasteiger partial charge on any atom is 0.252 e. The molecule has 1 unspecified atom stereocenters. The molecule has 0 N–H and O–H groups in total. The third-order valence-corrected chi connectivity index (χ3v) is 4.64. The first kappa shape index (κ1) is 16.5. The minimum absolute atomic E-state index is 0.0138. The second-order valence-corrected chi connectivity index (χ2v) is 6.40. The van der Waals surface area contributed by atoms with Crippen LogP contribution in [0.25, 0.3) is 0 Å². The molecule has 2 aromatic rings. The number of carbonyl (C=O) groups is 2. The van der Waals surface area contributed by atoms with Crippen LogP contribution in [0.3, 0.4) is 0 Å². The van der Waals surface area contributed by atoms with Crippen LogP contribution < -0.4 is 0 Å². The number of aryl methyl sites for hydroxylation is 1. The molecule has 1 amide bonds. The SMILES string of the molecule is CCCc1c(C)nn(C(=O)C2CC(=O)N(Cc3ccco3)C2)c1C. The Balaban J connectivity index is 1.74. The molecule has 0 radical (unpaired) electrons. The average Bonchev–Trinajstić information content (AvgIpc) is 3.25. The molecule has 0 spiro atoms. The Bertz CT molecular complexity index is 746. The molecule has 0 saturated carbocycles. The summed E-state index contributed by atoms with van der Waals surface area (Å²) in [6.45, 7) is 6.80. The topological polar surface area (TPSA) is 68.3 Å². The Morgan fingerprint density at radius 3 is 2.88 bits per heavy atom. The summed E-state index contributed by atoms with van der Waals surface area (Å²) in [5, 5.41) is 4.42. The van der Waals surface area contributed by atoms with Gasteiger partial charge >= 0.3 is 0 Å². The van der Waals surface area contributed by atoms with Crippen LogP contribution in [0.5, 0.6) is 0 Å². The van der Waals surface area contributed by atoms with E-state index in [4.69, 9.17) is 4.42 Å². The monoisotopic (exact) mass is 329 g/mol. The van der Waals surface area contributed by atoms with E-state index in [0.717, 1.165) is 35.6 Å². The quantitative estimate of drug-likeness (QED) is 0.846. The van der Waals surface area contributed by atoms with Gasteiger partial charge in [0.25, 0.3) is 5.91 Å². The molecule has 2 aromatic heterocycles. The van der Waals surface area contributed by atoms with Gasteiger partial charge in [-0.25, -0.2) is 4.68 Å². The second-order valence-electron chi connectivity index (χ2n) is 6.40. The first-order chi connectivity index (χ1) is 11.5. The van der Waals surface area contributed by atoms with Crippen LogP contribution in [0, 0.1) is 19.8 Å². The van der Waals surface area contributed by atoms with Gasteiger partial charge in [-0.1, -0.05) is 13.3 Å². The fourth-order valence-electron chi connectivity index (χ4n) is 3.36. The number of aromatic nitrogens is 2. The molecule has 0 aliphatic carbocycles. The zero-order valence-electron chi connectivity index (χ0n) is 14.4. The number of furan rings is 1. The van der Waals surface area contributed by atoms with E-state index in [1.54, 1.807) is 17.2 Å². The van der Waals surface area contributed by atoms with Crippen LogP contribution >= 0.6 is 0 Å². The van der Waals surface area contributed by atoms with Crippen molar-refractivity contribution in [2.45, 2.75) is 46.6 Å². The molecule has 24 heavy (non-hydrogen) atoms. The maximum atomic E-state index is 12.8. The molecule has 0 aromatic carbocycles. The van der Waals surface area contributed by atoms with E-state index in [0.29, 0.717) is 13.1 Å². The largest absolute Gasteiger partial charge is 0.467 e. The summed E-state index contributed by atoms with van der Waals surface area (Å²) in [6, 6.07) is 3.63. The van der Waals surface area contributed by atoms with Crippen LogP contribution in [0.15, 0.2) is 22.8 Å². The smallest absolute Gasteiger partial charge is 0.252 e. The summed E-state index contributed by atoms with van der Waals surface area (Å²) >= 11 is 0. The summed E-state index contributed by atoms with van der Waals surface area (Å²) in [5.74, 6) is 0.279. The number of rotatable bonds is 5. The van der Waals surface area contributed by atoms with Crippen molar-refractivity contribution in [1.29, 1.82) is 0 Å². The van der Waals surface area contributed by atoms with Crippen molar-refractivity contribution in [3.63, 3.8) is 0 Å². The van der Waals surface area contributed by atoms with E-state index in [-0.39, 0.29) is 24.2 Å². The molecular formula is C18H23N3O3. The standard InChI is InChI=1S/C18H23N3O3/c1-4-6-16-12(2)19-21(13(16)3)18(23)14-9-17(22)20(10-14)11-15-7-5-8-24-15/h5,7-8,14H,4,6,9-11H2,1-3H3. The molecule has 3 rings (SSSR count). The van der Waals surface area contributed by atoms with Gasteiger partial charge in [0.2, 0.25) is 5.91 Å². The van der Waals surface area contributed by atoms with E-state index in [2.05, 4.69) is 12.0 Å². The summed E-state index contributed by atoms with van der Waals surface area (Å²) in [7, 11) is 0. The summed E-state index contributed by atoms with van der Waals surface area (Å²) in [5.41, 5.74) is 2.94. The van der Waals surface area contributed by atoms with Crippen LogP contribution in [0.1, 0.15) is 47.3 Å². The maximum absolute atomic E-state index is 12.8. The first-order valence-corrected chi connectivity index (χ1v) is 8.40. The predicted molar refractivity (Wildman–Crippen MR) is 88.6 cm³/mol. The zero-order chi connectivity index (χ0) is 17.3. The van der Waals surface area contributed by atoms with Crippen molar-refractivity contribution in [2.75, 3.05) is 6.54 Å². The molecule has 1 saturated heterocycles. The van der Waals surface area contributed by atoms with Gasteiger partial charge in [0, 0.05) is 18.7 Å². The summed E-state index contributed by atoms with van der Waals surface area (Å²) in [6.07, 6.45) is 3.75. The number of hydrogen-bond donors (Lipinski definition) is 0. The van der Waals surface area contributed by atoms with Crippen LogP contribution in [0.2, 0.25) is 0 Å². The molecule has 1 atom stereocenters. The molecule has 128 valence electrons. The molecule has 1 aliphatic rings. The van der Waals surface area contributed by atoms with E-state index >= 15 is 0 Å². The van der Waals surface area contributed by atoms with Gasteiger partial charge in [-0.05, 0) is 38.0 Å². The molecule has 3 heterocycles. The molecule has 6 heteroatoms. The highest BCUT2D eigenvalue weighted by molar-refractivity contribution is 5.90. The zero-order valence-corrected chi connectivity index (χ0v) is 14.4. The third kappa shape index (κ3) is 3.00. The molecule has 1 aliphatic heterocycles. The normalized spacial score (nSPS) is 17.7. The Morgan fingerprint density at radius 1 is 1.42 bits per heavy atom. The van der Waals surface area contributed by atoms with Gasteiger partial charge in [0.1, 0.15) is 5.76 Å². The third-order valence-electron chi connectivity index (χ3n) is 4.64. The number of hydrogen-bond acceptors (Lipinski definition) is 4. The minimum atomic E-state index is -0.347. The lowest BCUT2D eigenvalue weighted by molar-refractivity contribution is -0.128. The van der Waals surface area contributed by atoms with Gasteiger partial charge in [0.05, 0.1) is 24.4 Å². The predicted octanol–water partition coefficient (Wildman–Crippen LogP) is 2.73. The van der Waals surface area contributed by atoms with Gasteiger partial charge < -0.3 is 9.32 Å². The Hall–Kier alpha value is -2.37. The van der Waals surface area contributed by atoms with E-state index < -0.39 is 0 Å². The van der Waals surface area contributed by atoms with Crippen molar-refractivity contribution in [3.05, 3.63) is 41.1 Å². The summed E-state index contributed by atoms with van der Waals surface area (Å²) in [4.78, 5) is 26.7. The lowest BCUT2D eigenvalue weighted by Gasteiger charge is -2.15. The Morgan fingerprint density at radius 2 is 2.21 bits per heavy atom. The lowest BCUT2D eigenvalue weighted by Crippen LogP contribution is -2.28. The summed E-state index contributed by atoms with van der Waals surface area (Å²) < 4.78 is 6.79. The van der Waals surface area contributed by atoms with E-state index in [9.17, 15) is 9.59 Å². The second kappa shape index (κ2) is 6.63. The van der Waals surface area contributed by atoms with Gasteiger partial charge in [-0.15, -0.1) is 0 Å². The van der Waals surface area contributed by atoms with Crippen LogP contribution in [-0.2, 0) is 17.8 Å². The molecule has 1 fully saturated rings. The van der Waals surface area contributed by atoms with E-state index in [1.807, 2.05) is 19.9 Å². The van der Waals surface area contributed by atoms with Crippen molar-refractivity contribution < 1.29 is 14.0 Å². The first-order valence-electron chi connectivity index (χ1n) is 8.40. The average molecular weight is 329 g/mol. The Kier molecular flexibility index (Phi) is 4.55. The highest BCUT2D eigenvalue weighted by Crippen LogP contribution is 2.24. The van der Waals surface area contributed by atoms with Gasteiger partial charge in [-0.3, -0.25) is 9.59 Å². The lowest BCUT2D eigenvalue weighted by atomic mass is 10.1. The number of likely N-dealkylation sites (tertiary alicyclic amines) is 1. The fraction of sp³-hybridized carbons (Fsp3) is 0.500. The van der Waals surface area contributed by atoms with Crippen LogP contribution in [0.4, 0.5) is 0 Å². The van der Waals surface area contributed by atoms with Crippen molar-refractivity contribution in [2.24, 2.45) is 5.92 Å². The highest BCUT2D eigenvalue weighted by atomic mass is 16.3. The van der Waals surface area contributed by atoms with Crippen LogP contribution in [-0.4, -0.2) is 33.0 Å².